The van der Waals surface area contributed by atoms with Crippen molar-refractivity contribution >= 4 is 22.4 Å². The van der Waals surface area contributed by atoms with Crippen molar-refractivity contribution in [3.63, 3.8) is 0 Å². The van der Waals surface area contributed by atoms with Crippen molar-refractivity contribution in [3.05, 3.63) is 54.0 Å². The average Bonchev–Trinajstić information content (AvgIpc) is 3.09. The highest BCUT2D eigenvalue weighted by atomic mass is 32.1. The molecular weight excluding hydrogens is 402 g/mol. The van der Waals surface area contributed by atoms with Gasteiger partial charge < -0.3 is 14.2 Å². The van der Waals surface area contributed by atoms with Gasteiger partial charge in [-0.15, -0.1) is 0 Å². The Morgan fingerprint density at radius 3 is 2.17 bits per heavy atom. The summed E-state index contributed by atoms with van der Waals surface area (Å²) in [6, 6.07) is 8.84. The molecule has 0 saturated carbocycles. The topological polar surface area (TPSA) is 82.6 Å². The van der Waals surface area contributed by atoms with Crippen LogP contribution >= 0.6 is 11.3 Å². The molecule has 2 heterocycles. The fourth-order valence-electron chi connectivity index (χ4n) is 2.55. The van der Waals surface area contributed by atoms with Crippen molar-refractivity contribution < 1.29 is 19.0 Å². The second-order valence-electron chi connectivity index (χ2n) is 7.20. The summed E-state index contributed by atoms with van der Waals surface area (Å²) < 4.78 is 17.2. The van der Waals surface area contributed by atoms with Crippen molar-refractivity contribution in [2.75, 3.05) is 5.32 Å². The number of nitrogens with zero attached hydrogens (tertiary/aromatic N) is 2. The number of carbonyl (C=O) groups is 1. The molecule has 0 aliphatic rings. The van der Waals surface area contributed by atoms with Gasteiger partial charge in [-0.25, -0.2) is 4.98 Å². The van der Waals surface area contributed by atoms with Crippen LogP contribution in [0.2, 0.25) is 0 Å². The summed E-state index contributed by atoms with van der Waals surface area (Å²) in [5.41, 5.74) is 1.33. The molecular formula is C22H25N3O4S. The maximum Gasteiger partial charge on any atom is 0.257 e. The summed E-state index contributed by atoms with van der Waals surface area (Å²) >= 11 is 1.23. The Morgan fingerprint density at radius 1 is 0.933 bits per heavy atom. The van der Waals surface area contributed by atoms with Crippen molar-refractivity contribution in [1.82, 2.24) is 9.97 Å². The Hall–Kier alpha value is -3.13. The van der Waals surface area contributed by atoms with Crippen LogP contribution in [0.5, 0.6) is 22.3 Å². The first kappa shape index (κ1) is 21.6. The van der Waals surface area contributed by atoms with E-state index in [1.807, 2.05) is 46.8 Å². The Balaban J connectivity index is 1.73. The molecule has 0 radical (unpaired) electrons. The second-order valence-corrected chi connectivity index (χ2v) is 8.20. The molecule has 2 aromatic heterocycles. The van der Waals surface area contributed by atoms with Crippen LogP contribution in [0.1, 0.15) is 43.7 Å². The Labute approximate surface area is 180 Å². The summed E-state index contributed by atoms with van der Waals surface area (Å²) in [7, 11) is 0. The molecule has 1 amide bonds. The predicted octanol–water partition coefficient (Wildman–Crippen LogP) is 5.47. The second kappa shape index (κ2) is 9.58. The summed E-state index contributed by atoms with van der Waals surface area (Å²) in [5.74, 6) is 1.44. The number of benzene rings is 1. The molecule has 3 aromatic rings. The number of pyridine rings is 1. The summed E-state index contributed by atoms with van der Waals surface area (Å²) in [5, 5.41) is 3.78. The van der Waals surface area contributed by atoms with E-state index in [2.05, 4.69) is 15.3 Å². The molecule has 0 aliphatic heterocycles. The van der Waals surface area contributed by atoms with Gasteiger partial charge in [-0.3, -0.25) is 15.1 Å². The lowest BCUT2D eigenvalue weighted by Gasteiger charge is -2.15. The number of hydrogen-bond acceptors (Lipinski definition) is 7. The Kier molecular flexibility index (Phi) is 6.89. The molecule has 158 valence electrons. The molecule has 1 N–H and O–H groups in total. The fraction of sp³-hybridized carbons (Fsp3) is 0.318. The van der Waals surface area contributed by atoms with E-state index in [0.717, 1.165) is 5.69 Å². The monoisotopic (exact) mass is 427 g/mol. The molecule has 0 spiro atoms. The molecule has 0 unspecified atom stereocenters. The van der Waals surface area contributed by atoms with Crippen LogP contribution in [0.25, 0.3) is 0 Å². The first-order valence-corrected chi connectivity index (χ1v) is 10.5. The maximum absolute atomic E-state index is 12.8. The molecule has 7 nitrogen and oxygen atoms in total. The van der Waals surface area contributed by atoms with Crippen LogP contribution < -0.4 is 19.5 Å². The number of aromatic nitrogens is 2. The van der Waals surface area contributed by atoms with E-state index >= 15 is 0 Å². The van der Waals surface area contributed by atoms with E-state index in [4.69, 9.17) is 14.2 Å². The van der Waals surface area contributed by atoms with Crippen molar-refractivity contribution in [2.45, 2.75) is 46.8 Å². The number of aryl methyl sites for hydroxylation is 1. The highest BCUT2D eigenvalue weighted by Gasteiger charge is 2.14. The van der Waals surface area contributed by atoms with Gasteiger partial charge in [-0.2, -0.15) is 0 Å². The van der Waals surface area contributed by atoms with E-state index in [1.165, 1.54) is 11.3 Å². The number of carbonyl (C=O) groups excluding carboxylic acids is 1. The summed E-state index contributed by atoms with van der Waals surface area (Å²) in [6.07, 6.45) is 3.16. The third kappa shape index (κ3) is 6.18. The third-order valence-corrected chi connectivity index (χ3v) is 4.48. The number of anilines is 1. The van der Waals surface area contributed by atoms with Crippen LogP contribution in [-0.2, 0) is 0 Å². The van der Waals surface area contributed by atoms with Gasteiger partial charge in [0.25, 0.3) is 5.91 Å². The predicted molar refractivity (Wildman–Crippen MR) is 117 cm³/mol. The molecule has 0 aliphatic carbocycles. The van der Waals surface area contributed by atoms with Crippen molar-refractivity contribution in [3.8, 4) is 22.3 Å². The van der Waals surface area contributed by atoms with Gasteiger partial charge in [-0.05, 0) is 58.9 Å². The number of hydrogen-bond donors (Lipinski definition) is 1. The SMILES string of the molecule is Cc1ccc(Oc2cnc(NC(=O)c3cc(OC(C)C)cc(OC(C)C)c3)s2)cn1. The molecule has 8 heteroatoms. The highest BCUT2D eigenvalue weighted by molar-refractivity contribution is 7.17. The minimum Gasteiger partial charge on any atom is -0.491 e. The van der Waals surface area contributed by atoms with Gasteiger partial charge in [0.05, 0.1) is 24.6 Å². The number of amides is 1. The maximum atomic E-state index is 12.8. The number of ether oxygens (including phenoxy) is 3. The first-order chi connectivity index (χ1) is 14.3. The van der Waals surface area contributed by atoms with E-state index in [0.29, 0.717) is 33.0 Å². The molecule has 3 rings (SSSR count). The van der Waals surface area contributed by atoms with E-state index in [-0.39, 0.29) is 18.1 Å². The molecule has 0 fully saturated rings. The van der Waals surface area contributed by atoms with Gasteiger partial charge in [-0.1, -0.05) is 11.3 Å². The Morgan fingerprint density at radius 2 is 1.60 bits per heavy atom. The average molecular weight is 428 g/mol. The van der Waals surface area contributed by atoms with Gasteiger partial charge in [0.15, 0.2) is 5.13 Å². The minimum absolute atomic E-state index is 0.0230. The molecule has 30 heavy (non-hydrogen) atoms. The molecule has 0 atom stereocenters. The highest BCUT2D eigenvalue weighted by Crippen LogP contribution is 2.31. The normalized spacial score (nSPS) is 10.9. The van der Waals surface area contributed by atoms with Crippen LogP contribution in [0, 0.1) is 6.92 Å². The molecule has 0 saturated heterocycles. The van der Waals surface area contributed by atoms with Gasteiger partial charge in [0.2, 0.25) is 5.06 Å². The number of thiazole rings is 1. The lowest BCUT2D eigenvalue weighted by atomic mass is 10.2. The van der Waals surface area contributed by atoms with Gasteiger partial charge in [0.1, 0.15) is 17.2 Å². The Bertz CT molecular complexity index is 972. The minimum atomic E-state index is -0.310. The number of nitrogens with one attached hydrogen (secondary N) is 1. The molecule has 1 aromatic carbocycles. The zero-order valence-electron chi connectivity index (χ0n) is 17.6. The zero-order valence-corrected chi connectivity index (χ0v) is 18.4. The van der Waals surface area contributed by atoms with E-state index in [1.54, 1.807) is 30.6 Å². The quantitative estimate of drug-likeness (QED) is 0.514. The van der Waals surface area contributed by atoms with E-state index < -0.39 is 0 Å². The van der Waals surface area contributed by atoms with Crippen LogP contribution in [0.4, 0.5) is 5.13 Å². The fourth-order valence-corrected chi connectivity index (χ4v) is 3.23. The standard InChI is InChI=1S/C22H25N3O4S/c1-13(2)27-18-8-16(9-19(10-18)28-14(3)4)21(26)25-22-24-12-20(30-22)29-17-7-6-15(5)23-11-17/h6-14H,1-5H3,(H,24,25,26). The summed E-state index contributed by atoms with van der Waals surface area (Å²) in [4.78, 5) is 21.2. The number of rotatable bonds is 8. The van der Waals surface area contributed by atoms with Crippen LogP contribution in [-0.4, -0.2) is 28.1 Å². The molecule has 0 bridgehead atoms. The zero-order chi connectivity index (χ0) is 21.7. The van der Waals surface area contributed by atoms with Crippen molar-refractivity contribution in [2.24, 2.45) is 0 Å². The van der Waals surface area contributed by atoms with Crippen molar-refractivity contribution in [1.29, 1.82) is 0 Å². The lowest BCUT2D eigenvalue weighted by Crippen LogP contribution is -2.14. The smallest absolute Gasteiger partial charge is 0.257 e. The van der Waals surface area contributed by atoms with Crippen LogP contribution in [0.15, 0.2) is 42.7 Å². The van der Waals surface area contributed by atoms with Gasteiger partial charge in [0, 0.05) is 17.3 Å². The first-order valence-electron chi connectivity index (χ1n) is 9.64. The largest absolute Gasteiger partial charge is 0.491 e. The summed E-state index contributed by atoms with van der Waals surface area (Å²) in [6.45, 7) is 9.61. The van der Waals surface area contributed by atoms with Crippen LogP contribution in [0.3, 0.4) is 0 Å². The lowest BCUT2D eigenvalue weighted by molar-refractivity contribution is 0.102. The van der Waals surface area contributed by atoms with Gasteiger partial charge >= 0.3 is 0 Å². The van der Waals surface area contributed by atoms with E-state index in [9.17, 15) is 4.79 Å². The third-order valence-electron chi connectivity index (χ3n) is 3.69.